The van der Waals surface area contributed by atoms with E-state index in [-0.39, 0.29) is 0 Å². The summed E-state index contributed by atoms with van der Waals surface area (Å²) < 4.78 is 7.13. The smallest absolute Gasteiger partial charge is 0.214 e. The lowest BCUT2D eigenvalue weighted by atomic mass is 10.2. The third kappa shape index (κ3) is 3.39. The summed E-state index contributed by atoms with van der Waals surface area (Å²) in [5.74, 6) is 0.604. The van der Waals surface area contributed by atoms with Gasteiger partial charge in [-0.15, -0.1) is 0 Å². The highest BCUT2D eigenvalue weighted by Crippen LogP contribution is 2.27. The number of nitrogens with zero attached hydrogens (tertiary/aromatic N) is 3. The summed E-state index contributed by atoms with van der Waals surface area (Å²) in [5.41, 5.74) is 2.06. The second-order valence-electron chi connectivity index (χ2n) is 4.46. The van der Waals surface area contributed by atoms with Crippen LogP contribution in [0, 0.1) is 0 Å². The molecule has 1 N–H and O–H groups in total. The predicted molar refractivity (Wildman–Crippen MR) is 95.8 cm³/mol. The molecule has 3 heterocycles. The molecular formula is C14H12Br2N4OS. The van der Waals surface area contributed by atoms with Gasteiger partial charge in [0.25, 0.3) is 0 Å². The van der Waals surface area contributed by atoms with Crippen molar-refractivity contribution in [3.8, 4) is 5.88 Å². The highest BCUT2D eigenvalue weighted by Gasteiger charge is 2.08. The number of methoxy groups -OCH3 is 1. The number of thiazole rings is 1. The van der Waals surface area contributed by atoms with Gasteiger partial charge >= 0.3 is 0 Å². The zero-order chi connectivity index (χ0) is 15.5. The Bertz CT molecular complexity index is 788. The maximum absolute atomic E-state index is 5.13. The quantitative estimate of drug-likeness (QED) is 0.637. The molecule has 3 aromatic heterocycles. The molecule has 0 saturated carbocycles. The summed E-state index contributed by atoms with van der Waals surface area (Å²) in [7, 11) is 1.61. The number of fused-ring (bicyclic) bond motifs is 1. The Hall–Kier alpha value is -1.25. The summed E-state index contributed by atoms with van der Waals surface area (Å²) in [6, 6.07) is 3.73. The van der Waals surface area contributed by atoms with Gasteiger partial charge in [-0.1, -0.05) is 11.3 Å². The molecule has 3 rings (SSSR count). The van der Waals surface area contributed by atoms with Crippen LogP contribution in [0.5, 0.6) is 5.88 Å². The van der Waals surface area contributed by atoms with Gasteiger partial charge in [0.05, 0.1) is 7.11 Å². The van der Waals surface area contributed by atoms with Gasteiger partial charge in [-0.2, -0.15) is 0 Å². The van der Waals surface area contributed by atoms with Crippen molar-refractivity contribution in [2.45, 2.75) is 6.42 Å². The van der Waals surface area contributed by atoms with Crippen molar-refractivity contribution < 1.29 is 4.74 Å². The van der Waals surface area contributed by atoms with Crippen molar-refractivity contribution >= 4 is 58.7 Å². The minimum absolute atomic E-state index is 0.604. The Balaban J connectivity index is 1.69. The fourth-order valence-electron chi connectivity index (χ4n) is 1.96. The molecule has 0 aliphatic carbocycles. The molecule has 0 saturated heterocycles. The molecule has 0 amide bonds. The van der Waals surface area contributed by atoms with E-state index in [2.05, 4.69) is 52.1 Å². The number of aromatic nitrogens is 3. The number of rotatable bonds is 5. The predicted octanol–water partition coefficient (Wildman–Crippen LogP) is 4.27. The first-order valence-corrected chi connectivity index (χ1v) is 8.91. The van der Waals surface area contributed by atoms with E-state index < -0.39 is 0 Å². The van der Waals surface area contributed by atoms with Gasteiger partial charge in [0.15, 0.2) is 5.13 Å². The van der Waals surface area contributed by atoms with Crippen LogP contribution in [0.4, 0.5) is 5.13 Å². The van der Waals surface area contributed by atoms with Crippen LogP contribution in [0.2, 0.25) is 0 Å². The summed E-state index contributed by atoms with van der Waals surface area (Å²) in [6.07, 6.45) is 4.46. The highest BCUT2D eigenvalue weighted by atomic mass is 79.9. The molecule has 0 radical (unpaired) electrons. The van der Waals surface area contributed by atoms with Crippen molar-refractivity contribution in [2.24, 2.45) is 0 Å². The van der Waals surface area contributed by atoms with Gasteiger partial charge in [0.2, 0.25) is 5.88 Å². The van der Waals surface area contributed by atoms with Crippen molar-refractivity contribution in [1.29, 1.82) is 0 Å². The van der Waals surface area contributed by atoms with Gasteiger partial charge in [-0.05, 0) is 49.9 Å². The van der Waals surface area contributed by atoms with Crippen LogP contribution in [-0.4, -0.2) is 28.6 Å². The zero-order valence-electron chi connectivity index (χ0n) is 11.6. The topological polar surface area (TPSA) is 59.9 Å². The molecule has 0 unspecified atom stereocenters. The normalized spacial score (nSPS) is 10.9. The van der Waals surface area contributed by atoms with Crippen LogP contribution in [-0.2, 0) is 6.42 Å². The van der Waals surface area contributed by atoms with E-state index in [1.165, 1.54) is 16.9 Å². The van der Waals surface area contributed by atoms with E-state index in [1.54, 1.807) is 19.5 Å². The van der Waals surface area contributed by atoms with Crippen LogP contribution in [0.1, 0.15) is 5.56 Å². The van der Waals surface area contributed by atoms with Crippen LogP contribution >= 0.6 is 43.2 Å². The summed E-state index contributed by atoms with van der Waals surface area (Å²) in [4.78, 5) is 13.9. The fourth-order valence-corrected chi connectivity index (χ4v) is 4.14. The van der Waals surface area contributed by atoms with Crippen molar-refractivity contribution in [3.63, 3.8) is 0 Å². The minimum atomic E-state index is 0.604. The minimum Gasteiger partial charge on any atom is -0.481 e. The SMILES string of the molecule is COc1ccc2nc(NCCc3c(Br)cncc3Br)sc2n1. The lowest BCUT2D eigenvalue weighted by Gasteiger charge is -2.07. The number of pyridine rings is 2. The van der Waals surface area contributed by atoms with E-state index in [9.17, 15) is 0 Å². The van der Waals surface area contributed by atoms with E-state index in [4.69, 9.17) is 4.74 Å². The first-order valence-electron chi connectivity index (χ1n) is 6.50. The van der Waals surface area contributed by atoms with E-state index in [0.29, 0.717) is 5.88 Å². The molecular weight excluding hydrogens is 432 g/mol. The van der Waals surface area contributed by atoms with E-state index in [0.717, 1.165) is 37.4 Å². The largest absolute Gasteiger partial charge is 0.481 e. The number of nitrogens with one attached hydrogen (secondary N) is 1. The number of hydrogen-bond donors (Lipinski definition) is 1. The van der Waals surface area contributed by atoms with Gasteiger partial charge in [-0.25, -0.2) is 9.97 Å². The van der Waals surface area contributed by atoms with Gasteiger partial charge in [0, 0.05) is 34.0 Å². The summed E-state index contributed by atoms with van der Waals surface area (Å²) in [6.45, 7) is 0.776. The molecule has 22 heavy (non-hydrogen) atoms. The Kier molecular flexibility index (Phi) is 4.90. The Labute approximate surface area is 148 Å². The second-order valence-corrected chi connectivity index (χ2v) is 7.14. The Morgan fingerprint density at radius 2 is 1.95 bits per heavy atom. The first-order chi connectivity index (χ1) is 10.7. The molecule has 114 valence electrons. The molecule has 0 aliphatic heterocycles. The maximum atomic E-state index is 5.13. The lowest BCUT2D eigenvalue weighted by Crippen LogP contribution is -2.05. The van der Waals surface area contributed by atoms with E-state index >= 15 is 0 Å². The summed E-state index contributed by atoms with van der Waals surface area (Å²) in [5, 5.41) is 4.20. The molecule has 0 atom stereocenters. The third-order valence-electron chi connectivity index (χ3n) is 3.04. The Morgan fingerprint density at radius 3 is 2.68 bits per heavy atom. The molecule has 5 nitrogen and oxygen atoms in total. The van der Waals surface area contributed by atoms with Crippen LogP contribution in [0.3, 0.4) is 0 Å². The average molecular weight is 444 g/mol. The molecule has 0 fully saturated rings. The van der Waals surface area contributed by atoms with Crippen LogP contribution in [0.25, 0.3) is 10.3 Å². The molecule has 0 spiro atoms. The van der Waals surface area contributed by atoms with Gasteiger partial charge < -0.3 is 10.1 Å². The highest BCUT2D eigenvalue weighted by molar-refractivity contribution is 9.11. The third-order valence-corrected chi connectivity index (χ3v) is 5.33. The van der Waals surface area contributed by atoms with E-state index in [1.807, 2.05) is 12.1 Å². The Morgan fingerprint density at radius 1 is 1.18 bits per heavy atom. The molecule has 3 aromatic rings. The average Bonchev–Trinajstić information content (AvgIpc) is 2.91. The molecule has 0 aromatic carbocycles. The molecule has 8 heteroatoms. The summed E-state index contributed by atoms with van der Waals surface area (Å²) >= 11 is 8.56. The monoisotopic (exact) mass is 442 g/mol. The molecule has 0 bridgehead atoms. The number of anilines is 1. The van der Waals surface area contributed by atoms with Crippen LogP contribution < -0.4 is 10.1 Å². The second kappa shape index (κ2) is 6.89. The van der Waals surface area contributed by atoms with Gasteiger partial charge in [0.1, 0.15) is 10.3 Å². The van der Waals surface area contributed by atoms with Gasteiger partial charge in [-0.3, -0.25) is 4.98 Å². The lowest BCUT2D eigenvalue weighted by molar-refractivity contribution is 0.400. The van der Waals surface area contributed by atoms with Crippen molar-refractivity contribution in [2.75, 3.05) is 19.0 Å². The van der Waals surface area contributed by atoms with Crippen molar-refractivity contribution in [1.82, 2.24) is 15.0 Å². The zero-order valence-corrected chi connectivity index (χ0v) is 15.6. The first kappa shape index (κ1) is 15.6. The fraction of sp³-hybridized carbons (Fsp3) is 0.214. The maximum Gasteiger partial charge on any atom is 0.214 e. The number of ether oxygens (including phenoxy) is 1. The van der Waals surface area contributed by atoms with Crippen molar-refractivity contribution in [3.05, 3.63) is 39.0 Å². The molecule has 0 aliphatic rings. The van der Waals surface area contributed by atoms with Crippen LogP contribution in [0.15, 0.2) is 33.5 Å². The number of halogens is 2. The standard InChI is InChI=1S/C14H12Br2N4OS/c1-21-12-3-2-11-13(20-12)22-14(19-11)18-5-4-8-9(15)6-17-7-10(8)16/h2-3,6-7H,4-5H2,1H3,(H,18,19). The number of hydrogen-bond acceptors (Lipinski definition) is 6.